The molecule has 0 saturated heterocycles. The second kappa shape index (κ2) is 3.06. The Bertz CT molecular complexity index is 296. The van der Waals surface area contributed by atoms with E-state index < -0.39 is 0 Å². The molecule has 0 aromatic carbocycles. The maximum Gasteiger partial charge on any atom is 0.129 e. The highest BCUT2D eigenvalue weighted by atomic mass is 35.5. The van der Waals surface area contributed by atoms with Crippen molar-refractivity contribution >= 4 is 11.6 Å². The molecule has 0 radical (unpaired) electrons. The second-order valence-electron chi connectivity index (χ2n) is 3.47. The number of aromatic nitrogens is 1. The van der Waals surface area contributed by atoms with Crippen molar-refractivity contribution in [1.29, 1.82) is 0 Å². The Balaban J connectivity index is 2.47. The number of aryl methyl sites for hydroxylation is 1. The summed E-state index contributed by atoms with van der Waals surface area (Å²) < 4.78 is 0. The van der Waals surface area contributed by atoms with Crippen molar-refractivity contribution in [3.63, 3.8) is 0 Å². The molecule has 0 bridgehead atoms. The predicted molar refractivity (Wildman–Crippen MR) is 50.6 cm³/mol. The van der Waals surface area contributed by atoms with Crippen LogP contribution in [0.3, 0.4) is 0 Å². The lowest BCUT2D eigenvalue weighted by molar-refractivity contribution is 0.573. The first-order valence-corrected chi connectivity index (χ1v) is 4.80. The van der Waals surface area contributed by atoms with Gasteiger partial charge in [0.2, 0.25) is 0 Å². The number of nitrogens with zero attached hydrogens (tertiary/aromatic N) is 1. The van der Waals surface area contributed by atoms with Crippen molar-refractivity contribution < 1.29 is 0 Å². The standard InChI is InChI=1S/C10H12ClN/c1-7-3-2-4-8-5-6-9(11)12-10(7)8/h5-7H,2-4H2,1H3/t7-/m0/s1. The van der Waals surface area contributed by atoms with Crippen LogP contribution in [0.25, 0.3) is 0 Å². The van der Waals surface area contributed by atoms with Crippen LogP contribution in [-0.4, -0.2) is 4.98 Å². The third-order valence-electron chi connectivity index (χ3n) is 2.53. The summed E-state index contributed by atoms with van der Waals surface area (Å²) in [6.45, 7) is 2.22. The van der Waals surface area contributed by atoms with Crippen molar-refractivity contribution in [2.75, 3.05) is 0 Å². The minimum Gasteiger partial charge on any atom is -0.241 e. The van der Waals surface area contributed by atoms with Gasteiger partial charge < -0.3 is 0 Å². The van der Waals surface area contributed by atoms with Crippen molar-refractivity contribution in [1.82, 2.24) is 4.98 Å². The van der Waals surface area contributed by atoms with Gasteiger partial charge in [-0.1, -0.05) is 24.6 Å². The maximum atomic E-state index is 5.83. The van der Waals surface area contributed by atoms with Crippen LogP contribution < -0.4 is 0 Å². The molecule has 1 aromatic rings. The third kappa shape index (κ3) is 1.34. The lowest BCUT2D eigenvalue weighted by atomic mass is 9.88. The van der Waals surface area contributed by atoms with Crippen molar-refractivity contribution in [3.05, 3.63) is 28.5 Å². The Hall–Kier alpha value is -0.560. The molecule has 0 amide bonds. The molecule has 1 aliphatic rings. The van der Waals surface area contributed by atoms with Gasteiger partial charge in [-0.3, -0.25) is 0 Å². The van der Waals surface area contributed by atoms with E-state index in [2.05, 4.69) is 18.0 Å². The fourth-order valence-electron chi connectivity index (χ4n) is 1.85. The molecule has 0 saturated carbocycles. The fraction of sp³-hybridized carbons (Fsp3) is 0.500. The molecule has 1 nitrogen and oxygen atoms in total. The Morgan fingerprint density at radius 1 is 1.50 bits per heavy atom. The van der Waals surface area contributed by atoms with E-state index in [1.807, 2.05) is 6.07 Å². The summed E-state index contributed by atoms with van der Waals surface area (Å²) in [6.07, 6.45) is 3.71. The molecule has 2 heteroatoms. The summed E-state index contributed by atoms with van der Waals surface area (Å²) in [7, 11) is 0. The molecule has 0 unspecified atom stereocenters. The summed E-state index contributed by atoms with van der Waals surface area (Å²) in [5.74, 6) is 0.590. The molecular formula is C10H12ClN. The molecule has 1 aliphatic carbocycles. The van der Waals surface area contributed by atoms with Gasteiger partial charge in [-0.05, 0) is 36.8 Å². The van der Waals surface area contributed by atoms with Crippen LogP contribution in [0, 0.1) is 0 Å². The zero-order valence-electron chi connectivity index (χ0n) is 7.18. The number of rotatable bonds is 0. The lowest BCUT2D eigenvalue weighted by Gasteiger charge is -2.20. The molecular weight excluding hydrogens is 170 g/mol. The van der Waals surface area contributed by atoms with Crippen LogP contribution >= 0.6 is 11.6 Å². The summed E-state index contributed by atoms with van der Waals surface area (Å²) in [4.78, 5) is 4.36. The van der Waals surface area contributed by atoms with Gasteiger partial charge in [0.15, 0.2) is 0 Å². The van der Waals surface area contributed by atoms with Gasteiger partial charge in [0, 0.05) is 5.69 Å². The zero-order valence-corrected chi connectivity index (χ0v) is 7.93. The van der Waals surface area contributed by atoms with Crippen LogP contribution in [0.4, 0.5) is 0 Å². The van der Waals surface area contributed by atoms with Crippen LogP contribution in [-0.2, 0) is 6.42 Å². The van der Waals surface area contributed by atoms with E-state index in [1.165, 1.54) is 30.5 Å². The first kappa shape index (κ1) is 8.06. The average molecular weight is 182 g/mol. The van der Waals surface area contributed by atoms with E-state index in [1.54, 1.807) is 0 Å². The van der Waals surface area contributed by atoms with Crippen LogP contribution in [0.5, 0.6) is 0 Å². The van der Waals surface area contributed by atoms with Gasteiger partial charge in [0.1, 0.15) is 5.15 Å². The van der Waals surface area contributed by atoms with E-state index >= 15 is 0 Å². The van der Waals surface area contributed by atoms with Gasteiger partial charge in [-0.25, -0.2) is 4.98 Å². The minimum atomic E-state index is 0.590. The van der Waals surface area contributed by atoms with E-state index in [9.17, 15) is 0 Å². The minimum absolute atomic E-state index is 0.590. The number of hydrogen-bond acceptors (Lipinski definition) is 1. The highest BCUT2D eigenvalue weighted by Gasteiger charge is 2.17. The van der Waals surface area contributed by atoms with Crippen LogP contribution in [0.15, 0.2) is 12.1 Å². The number of fused-ring (bicyclic) bond motifs is 1. The monoisotopic (exact) mass is 181 g/mol. The van der Waals surface area contributed by atoms with E-state index in [0.29, 0.717) is 11.1 Å². The first-order chi connectivity index (χ1) is 5.77. The molecule has 64 valence electrons. The van der Waals surface area contributed by atoms with Crippen LogP contribution in [0.2, 0.25) is 5.15 Å². The topological polar surface area (TPSA) is 12.9 Å². The van der Waals surface area contributed by atoms with Crippen LogP contribution in [0.1, 0.15) is 36.9 Å². The normalized spacial score (nSPS) is 22.0. The summed E-state index contributed by atoms with van der Waals surface area (Å²) in [6, 6.07) is 4.00. The predicted octanol–water partition coefficient (Wildman–Crippen LogP) is 3.17. The Morgan fingerprint density at radius 3 is 3.17 bits per heavy atom. The molecule has 1 aromatic heterocycles. The Kier molecular flexibility index (Phi) is 2.05. The van der Waals surface area contributed by atoms with Gasteiger partial charge in [-0.2, -0.15) is 0 Å². The summed E-state index contributed by atoms with van der Waals surface area (Å²) in [5.41, 5.74) is 2.60. The van der Waals surface area contributed by atoms with Crippen molar-refractivity contribution in [3.8, 4) is 0 Å². The lowest BCUT2D eigenvalue weighted by Crippen LogP contribution is -2.09. The largest absolute Gasteiger partial charge is 0.241 e. The molecule has 12 heavy (non-hydrogen) atoms. The second-order valence-corrected chi connectivity index (χ2v) is 3.86. The first-order valence-electron chi connectivity index (χ1n) is 4.42. The van der Waals surface area contributed by atoms with E-state index in [0.717, 1.165) is 0 Å². The number of hydrogen-bond donors (Lipinski definition) is 0. The molecule has 1 heterocycles. The third-order valence-corrected chi connectivity index (χ3v) is 2.74. The van der Waals surface area contributed by atoms with Gasteiger partial charge in [-0.15, -0.1) is 0 Å². The van der Waals surface area contributed by atoms with Gasteiger partial charge in [0.05, 0.1) is 0 Å². The highest BCUT2D eigenvalue weighted by Crippen LogP contribution is 2.30. The smallest absolute Gasteiger partial charge is 0.129 e. The zero-order chi connectivity index (χ0) is 8.55. The average Bonchev–Trinajstić information content (AvgIpc) is 2.07. The summed E-state index contributed by atoms with van der Waals surface area (Å²) in [5, 5.41) is 0.627. The van der Waals surface area contributed by atoms with Gasteiger partial charge in [0.25, 0.3) is 0 Å². The molecule has 0 fully saturated rings. The number of halogens is 1. The Morgan fingerprint density at radius 2 is 2.33 bits per heavy atom. The highest BCUT2D eigenvalue weighted by molar-refractivity contribution is 6.29. The fourth-order valence-corrected chi connectivity index (χ4v) is 2.01. The Labute approximate surface area is 77.8 Å². The van der Waals surface area contributed by atoms with E-state index in [4.69, 9.17) is 11.6 Å². The molecule has 0 aliphatic heterocycles. The molecule has 0 spiro atoms. The van der Waals surface area contributed by atoms with Gasteiger partial charge >= 0.3 is 0 Å². The molecule has 0 N–H and O–H groups in total. The molecule has 2 rings (SSSR count). The molecule has 1 atom stereocenters. The maximum absolute atomic E-state index is 5.83. The van der Waals surface area contributed by atoms with Crippen molar-refractivity contribution in [2.24, 2.45) is 0 Å². The van der Waals surface area contributed by atoms with E-state index in [-0.39, 0.29) is 0 Å². The number of pyridine rings is 1. The van der Waals surface area contributed by atoms with Crippen molar-refractivity contribution in [2.45, 2.75) is 32.1 Å². The SMILES string of the molecule is C[C@H]1CCCc2ccc(Cl)nc21. The summed E-state index contributed by atoms with van der Waals surface area (Å²) >= 11 is 5.83. The quantitative estimate of drug-likeness (QED) is 0.561.